The maximum Gasteiger partial charge on any atom is 0.196 e. The molecular formula is C21H19N5S. The standard InChI is InChI=1S/C21H19N5S/c1-2-23-21(17-8-9-18(17)21)14-27-20-25-24-19(15-10-12-22-13-11-15)26(20)16-6-4-3-5-7-16/h3-13,23H,2,14H2,1H3. The molecule has 0 saturated carbocycles. The minimum absolute atomic E-state index is 0.0315. The Balaban J connectivity index is 1.49. The van der Waals surface area contributed by atoms with Gasteiger partial charge in [-0.2, -0.15) is 0 Å². The van der Waals surface area contributed by atoms with Gasteiger partial charge in [0, 0.05) is 29.4 Å². The summed E-state index contributed by atoms with van der Waals surface area (Å²) >= 11 is 1.74. The van der Waals surface area contributed by atoms with Crippen LogP contribution in [0.3, 0.4) is 0 Å². The molecule has 6 heteroatoms. The van der Waals surface area contributed by atoms with Crippen LogP contribution in [0, 0.1) is 0 Å². The molecule has 5 rings (SSSR count). The second-order valence-electron chi connectivity index (χ2n) is 6.60. The number of rotatable bonds is 7. The van der Waals surface area contributed by atoms with Crippen molar-refractivity contribution in [2.45, 2.75) is 17.6 Å². The molecule has 0 spiro atoms. The molecule has 0 atom stereocenters. The van der Waals surface area contributed by atoms with Crippen molar-refractivity contribution in [2.24, 2.45) is 0 Å². The molecule has 27 heavy (non-hydrogen) atoms. The zero-order chi connectivity index (χ0) is 18.3. The van der Waals surface area contributed by atoms with Crippen molar-refractivity contribution in [2.75, 3.05) is 12.3 Å². The zero-order valence-corrected chi connectivity index (χ0v) is 15.8. The van der Waals surface area contributed by atoms with Gasteiger partial charge in [0.05, 0.1) is 5.54 Å². The van der Waals surface area contributed by atoms with Crippen LogP contribution >= 0.6 is 11.8 Å². The van der Waals surface area contributed by atoms with Crippen molar-refractivity contribution in [1.82, 2.24) is 25.1 Å². The Bertz CT molecular complexity index is 1020. The van der Waals surface area contributed by atoms with Gasteiger partial charge in [-0.25, -0.2) is 0 Å². The Hall–Kier alpha value is -2.70. The number of aromatic nitrogens is 4. The van der Waals surface area contributed by atoms with E-state index in [2.05, 4.69) is 56.3 Å². The molecule has 0 unspecified atom stereocenters. The Morgan fingerprint density at radius 1 is 1.00 bits per heavy atom. The molecule has 2 aliphatic carbocycles. The summed E-state index contributed by atoms with van der Waals surface area (Å²) in [6.45, 7) is 3.10. The first kappa shape index (κ1) is 16.5. The van der Waals surface area contributed by atoms with Crippen molar-refractivity contribution in [3.8, 4) is 17.1 Å². The SMILES string of the molecule is CCNC1(CSc2nnc(-c3ccncc3)n2-c2ccccc2)C2=C1C=C2. The van der Waals surface area contributed by atoms with E-state index in [1.54, 1.807) is 24.2 Å². The molecule has 0 radical (unpaired) electrons. The molecule has 0 fully saturated rings. The lowest BCUT2D eigenvalue weighted by Gasteiger charge is -2.18. The third-order valence-electron chi connectivity index (χ3n) is 5.05. The summed E-state index contributed by atoms with van der Waals surface area (Å²) in [7, 11) is 0. The van der Waals surface area contributed by atoms with Crippen molar-refractivity contribution >= 4 is 11.8 Å². The van der Waals surface area contributed by atoms with Gasteiger partial charge >= 0.3 is 0 Å². The summed E-state index contributed by atoms with van der Waals surface area (Å²) in [5.74, 6) is 1.75. The van der Waals surface area contributed by atoms with E-state index in [1.165, 1.54) is 11.1 Å². The van der Waals surface area contributed by atoms with Crippen molar-refractivity contribution in [3.63, 3.8) is 0 Å². The summed E-state index contributed by atoms with van der Waals surface area (Å²) in [5.41, 5.74) is 4.98. The number of hydrogen-bond donors (Lipinski definition) is 1. The number of hydrogen-bond acceptors (Lipinski definition) is 5. The molecule has 2 aromatic heterocycles. The van der Waals surface area contributed by atoms with E-state index >= 15 is 0 Å². The molecule has 0 bridgehead atoms. The van der Waals surface area contributed by atoms with Gasteiger partial charge in [-0.05, 0) is 42.0 Å². The molecule has 1 N–H and O–H groups in total. The molecule has 0 aliphatic heterocycles. The molecule has 2 heterocycles. The normalized spacial score (nSPS) is 16.2. The Morgan fingerprint density at radius 3 is 2.41 bits per heavy atom. The fourth-order valence-corrected chi connectivity index (χ4v) is 4.81. The fraction of sp³-hybridized carbons (Fsp3) is 0.190. The number of nitrogens with zero attached hydrogens (tertiary/aromatic N) is 4. The fourth-order valence-electron chi connectivity index (χ4n) is 3.63. The van der Waals surface area contributed by atoms with Crippen LogP contribution in [0.25, 0.3) is 17.1 Å². The van der Waals surface area contributed by atoms with Gasteiger partial charge < -0.3 is 5.32 Å². The van der Waals surface area contributed by atoms with Crippen LogP contribution in [0.1, 0.15) is 6.92 Å². The van der Waals surface area contributed by atoms with Gasteiger partial charge in [-0.3, -0.25) is 9.55 Å². The van der Waals surface area contributed by atoms with Crippen LogP contribution in [-0.4, -0.2) is 37.6 Å². The number of benzene rings is 1. The van der Waals surface area contributed by atoms with Gasteiger partial charge in [0.2, 0.25) is 0 Å². The number of nitrogens with one attached hydrogen (secondary N) is 1. The van der Waals surface area contributed by atoms with Crippen LogP contribution in [0.2, 0.25) is 0 Å². The molecule has 0 amide bonds. The van der Waals surface area contributed by atoms with E-state index < -0.39 is 0 Å². The maximum atomic E-state index is 4.52. The minimum atomic E-state index is 0.0315. The van der Waals surface area contributed by atoms with E-state index in [0.29, 0.717) is 0 Å². The highest BCUT2D eigenvalue weighted by Gasteiger charge is 2.54. The van der Waals surface area contributed by atoms with E-state index in [1.807, 2.05) is 30.3 Å². The van der Waals surface area contributed by atoms with Crippen molar-refractivity contribution < 1.29 is 0 Å². The number of pyridine rings is 1. The van der Waals surface area contributed by atoms with E-state index in [-0.39, 0.29) is 5.54 Å². The highest BCUT2D eigenvalue weighted by Crippen LogP contribution is 2.54. The van der Waals surface area contributed by atoms with Crippen LogP contribution in [0.4, 0.5) is 0 Å². The molecule has 5 nitrogen and oxygen atoms in total. The average molecular weight is 373 g/mol. The number of thioether (sulfide) groups is 1. The van der Waals surface area contributed by atoms with E-state index in [4.69, 9.17) is 0 Å². The topological polar surface area (TPSA) is 55.6 Å². The maximum absolute atomic E-state index is 4.52. The second kappa shape index (κ2) is 6.48. The summed E-state index contributed by atoms with van der Waals surface area (Å²) in [6.07, 6.45) is 7.99. The summed E-state index contributed by atoms with van der Waals surface area (Å²) in [6, 6.07) is 14.2. The molecular weight excluding hydrogens is 354 g/mol. The molecule has 2 aliphatic rings. The van der Waals surface area contributed by atoms with E-state index in [9.17, 15) is 0 Å². The third-order valence-corrected chi connectivity index (χ3v) is 6.15. The van der Waals surface area contributed by atoms with Gasteiger partial charge in [0.15, 0.2) is 11.0 Å². The monoisotopic (exact) mass is 373 g/mol. The predicted molar refractivity (Wildman–Crippen MR) is 108 cm³/mol. The smallest absolute Gasteiger partial charge is 0.196 e. The Morgan fingerprint density at radius 2 is 1.74 bits per heavy atom. The predicted octanol–water partition coefficient (Wildman–Crippen LogP) is 3.65. The zero-order valence-electron chi connectivity index (χ0n) is 15.0. The van der Waals surface area contributed by atoms with Gasteiger partial charge in [0.25, 0.3) is 0 Å². The number of para-hydroxylation sites is 1. The van der Waals surface area contributed by atoms with Crippen molar-refractivity contribution in [1.29, 1.82) is 0 Å². The molecule has 3 aromatic rings. The van der Waals surface area contributed by atoms with Gasteiger partial charge in [0.1, 0.15) is 0 Å². The largest absolute Gasteiger partial charge is 0.303 e. The second-order valence-corrected chi connectivity index (χ2v) is 7.54. The van der Waals surface area contributed by atoms with Gasteiger partial charge in [-0.15, -0.1) is 10.2 Å². The Labute approximate surface area is 162 Å². The first-order valence-electron chi connectivity index (χ1n) is 9.06. The van der Waals surface area contributed by atoms with Crippen LogP contribution in [0.5, 0.6) is 0 Å². The highest BCUT2D eigenvalue weighted by atomic mass is 32.2. The summed E-state index contributed by atoms with van der Waals surface area (Å²) < 4.78 is 2.13. The molecule has 0 saturated heterocycles. The highest BCUT2D eigenvalue weighted by molar-refractivity contribution is 7.99. The summed E-state index contributed by atoms with van der Waals surface area (Å²) in [5, 5.41) is 13.6. The van der Waals surface area contributed by atoms with Crippen molar-refractivity contribution in [3.05, 3.63) is 78.2 Å². The quantitative estimate of drug-likeness (QED) is 0.641. The third kappa shape index (κ3) is 2.64. The van der Waals surface area contributed by atoms with E-state index in [0.717, 1.165) is 34.5 Å². The first-order valence-corrected chi connectivity index (χ1v) is 10.0. The lowest BCUT2D eigenvalue weighted by molar-refractivity contribution is 0.596. The van der Waals surface area contributed by atoms with Crippen LogP contribution < -0.4 is 5.32 Å². The molecule has 1 aromatic carbocycles. The Kier molecular flexibility index (Phi) is 3.95. The average Bonchev–Trinajstić information content (AvgIpc) is 2.97. The van der Waals surface area contributed by atoms with Gasteiger partial charge in [-0.1, -0.05) is 49.0 Å². The van der Waals surface area contributed by atoms with Crippen LogP contribution in [-0.2, 0) is 0 Å². The lowest BCUT2D eigenvalue weighted by Crippen LogP contribution is -2.37. The molecule has 134 valence electrons. The minimum Gasteiger partial charge on any atom is -0.303 e. The van der Waals surface area contributed by atoms with Crippen LogP contribution in [0.15, 0.2) is 83.3 Å². The lowest BCUT2D eigenvalue weighted by atomic mass is 10.2. The first-order chi connectivity index (χ1) is 13.3. The summed E-state index contributed by atoms with van der Waals surface area (Å²) in [4.78, 5) is 4.12. The number of likely N-dealkylation sites (N-methyl/N-ethyl adjacent to an activating group) is 1.